The predicted octanol–water partition coefficient (Wildman–Crippen LogP) is 3.79. The third-order valence-electron chi connectivity index (χ3n) is 3.44. The summed E-state index contributed by atoms with van der Waals surface area (Å²) in [5.74, 6) is -0.481. The van der Waals surface area contributed by atoms with Crippen LogP contribution in [0.2, 0.25) is 0 Å². The lowest BCUT2D eigenvalue weighted by Gasteiger charge is -2.09. The molecule has 2 N–H and O–H groups in total. The lowest BCUT2D eigenvalue weighted by molar-refractivity contribution is 0.0961. The Morgan fingerprint density at radius 3 is 2.67 bits per heavy atom. The normalized spacial score (nSPS) is 10.4. The Hall–Kier alpha value is -2.51. The Bertz CT molecular complexity index is 885. The number of hydrogen-bond donors (Lipinski definition) is 2. The molecule has 7 heteroatoms. The molecule has 0 aliphatic heterocycles. The summed E-state index contributed by atoms with van der Waals surface area (Å²) in [5, 5.41) is 9.94. The number of rotatable bonds is 4. The summed E-state index contributed by atoms with van der Waals surface area (Å²) in [4.78, 5) is 29.6. The molecule has 0 fully saturated rings. The Kier molecular flexibility index (Phi) is 4.73. The van der Waals surface area contributed by atoms with Gasteiger partial charge in [-0.15, -0.1) is 22.7 Å². The molecule has 0 spiro atoms. The summed E-state index contributed by atoms with van der Waals surface area (Å²) in [6.45, 7) is 1.88. The van der Waals surface area contributed by atoms with Crippen LogP contribution in [0, 0.1) is 6.92 Å². The minimum atomic E-state index is -0.286. The first-order chi connectivity index (χ1) is 11.6. The zero-order chi connectivity index (χ0) is 17.1. The molecule has 5 nitrogen and oxygen atoms in total. The van der Waals surface area contributed by atoms with E-state index in [2.05, 4.69) is 15.6 Å². The molecule has 0 aliphatic carbocycles. The molecular weight excluding hydrogens is 342 g/mol. The zero-order valence-corrected chi connectivity index (χ0v) is 14.8. The molecule has 2 amide bonds. The van der Waals surface area contributed by atoms with Crippen LogP contribution >= 0.6 is 22.7 Å². The minimum Gasteiger partial charge on any atom is -0.355 e. The Labute approximate surface area is 147 Å². The maximum absolute atomic E-state index is 12.4. The maximum Gasteiger partial charge on any atom is 0.275 e. The van der Waals surface area contributed by atoms with Gasteiger partial charge in [0.15, 0.2) is 0 Å². The van der Waals surface area contributed by atoms with E-state index in [9.17, 15) is 9.59 Å². The number of anilines is 1. The molecule has 0 saturated carbocycles. The van der Waals surface area contributed by atoms with Gasteiger partial charge < -0.3 is 10.6 Å². The summed E-state index contributed by atoms with van der Waals surface area (Å²) in [7, 11) is 1.57. The van der Waals surface area contributed by atoms with Gasteiger partial charge in [0.05, 0.1) is 4.88 Å². The van der Waals surface area contributed by atoms with Gasteiger partial charge in [-0.3, -0.25) is 9.59 Å². The number of thiazole rings is 1. The number of carbonyl (C=O) groups is 2. The second kappa shape index (κ2) is 6.94. The van der Waals surface area contributed by atoms with Gasteiger partial charge in [0.2, 0.25) is 0 Å². The fourth-order valence-corrected chi connectivity index (χ4v) is 3.73. The van der Waals surface area contributed by atoms with Gasteiger partial charge in [-0.05, 0) is 36.1 Å². The van der Waals surface area contributed by atoms with E-state index in [0.29, 0.717) is 16.9 Å². The van der Waals surface area contributed by atoms with Crippen LogP contribution in [0.15, 0.2) is 41.1 Å². The second-order valence-corrected chi connectivity index (χ2v) is 6.88. The highest BCUT2D eigenvalue weighted by molar-refractivity contribution is 7.20. The molecule has 0 radical (unpaired) electrons. The van der Waals surface area contributed by atoms with E-state index in [0.717, 1.165) is 15.4 Å². The summed E-state index contributed by atoms with van der Waals surface area (Å²) in [5.41, 5.74) is 2.35. The van der Waals surface area contributed by atoms with Crippen molar-refractivity contribution in [1.82, 2.24) is 10.3 Å². The average molecular weight is 357 g/mol. The third-order valence-corrected chi connectivity index (χ3v) is 5.33. The lowest BCUT2D eigenvalue weighted by Crippen LogP contribution is -2.19. The number of benzene rings is 1. The predicted molar refractivity (Wildman–Crippen MR) is 97.9 cm³/mol. The van der Waals surface area contributed by atoms with Crippen molar-refractivity contribution in [2.24, 2.45) is 0 Å². The van der Waals surface area contributed by atoms with Crippen molar-refractivity contribution < 1.29 is 9.59 Å². The Balaban J connectivity index is 1.81. The molecule has 2 aromatic heterocycles. The number of aryl methyl sites for hydroxylation is 1. The minimum absolute atomic E-state index is 0.195. The van der Waals surface area contributed by atoms with Crippen LogP contribution < -0.4 is 10.6 Å². The van der Waals surface area contributed by atoms with E-state index in [1.54, 1.807) is 42.0 Å². The first-order valence-electron chi connectivity index (χ1n) is 7.22. The van der Waals surface area contributed by atoms with Crippen LogP contribution in [0.25, 0.3) is 9.88 Å². The number of hydrogen-bond acceptors (Lipinski definition) is 5. The van der Waals surface area contributed by atoms with E-state index in [-0.39, 0.29) is 11.8 Å². The van der Waals surface area contributed by atoms with Crippen molar-refractivity contribution in [3.63, 3.8) is 0 Å². The van der Waals surface area contributed by atoms with Crippen LogP contribution in [0.1, 0.15) is 26.4 Å². The molecule has 1 aromatic carbocycles. The number of carbonyl (C=O) groups excluding carboxylic acids is 2. The van der Waals surface area contributed by atoms with E-state index < -0.39 is 0 Å². The van der Waals surface area contributed by atoms with Gasteiger partial charge in [-0.25, -0.2) is 4.98 Å². The highest BCUT2D eigenvalue weighted by Crippen LogP contribution is 2.28. The Morgan fingerprint density at radius 2 is 1.96 bits per heavy atom. The van der Waals surface area contributed by atoms with E-state index in [1.807, 2.05) is 24.4 Å². The topological polar surface area (TPSA) is 71.1 Å². The number of nitrogens with one attached hydrogen (secondary N) is 2. The van der Waals surface area contributed by atoms with Crippen LogP contribution in [0.3, 0.4) is 0 Å². The smallest absolute Gasteiger partial charge is 0.275 e. The SMILES string of the molecule is CNC(=O)c1ccc(C)c(NC(=O)c2csc(-c3cccs3)n2)c1. The van der Waals surface area contributed by atoms with Crippen LogP contribution in [0.4, 0.5) is 5.69 Å². The first kappa shape index (κ1) is 16.4. The zero-order valence-electron chi connectivity index (χ0n) is 13.1. The summed E-state index contributed by atoms with van der Waals surface area (Å²) in [6.07, 6.45) is 0. The van der Waals surface area contributed by atoms with Gasteiger partial charge >= 0.3 is 0 Å². The number of nitrogens with zero attached hydrogens (tertiary/aromatic N) is 1. The quantitative estimate of drug-likeness (QED) is 0.746. The Morgan fingerprint density at radius 1 is 1.12 bits per heavy atom. The van der Waals surface area contributed by atoms with E-state index in [4.69, 9.17) is 0 Å². The van der Waals surface area contributed by atoms with E-state index >= 15 is 0 Å². The molecule has 0 unspecified atom stereocenters. The van der Waals surface area contributed by atoms with E-state index in [1.165, 1.54) is 11.3 Å². The fraction of sp³-hybridized carbons (Fsp3) is 0.118. The lowest BCUT2D eigenvalue weighted by atomic mass is 10.1. The number of amides is 2. The fourth-order valence-electron chi connectivity index (χ4n) is 2.12. The maximum atomic E-state index is 12.4. The highest BCUT2D eigenvalue weighted by atomic mass is 32.1. The van der Waals surface area contributed by atoms with Crippen molar-refractivity contribution in [2.45, 2.75) is 6.92 Å². The van der Waals surface area contributed by atoms with Crippen molar-refractivity contribution in [3.8, 4) is 9.88 Å². The second-order valence-electron chi connectivity index (χ2n) is 5.08. The van der Waals surface area contributed by atoms with Crippen molar-refractivity contribution in [1.29, 1.82) is 0 Å². The molecule has 122 valence electrons. The standard InChI is InChI=1S/C17H15N3O2S2/c1-10-5-6-11(15(21)18-2)8-12(10)19-16(22)13-9-24-17(20-13)14-4-3-7-23-14/h3-9H,1-2H3,(H,18,21)(H,19,22). The van der Waals surface area contributed by atoms with Gasteiger partial charge in [-0.1, -0.05) is 12.1 Å². The molecule has 2 heterocycles. The molecule has 0 atom stereocenters. The summed E-state index contributed by atoms with van der Waals surface area (Å²) < 4.78 is 0. The van der Waals surface area contributed by atoms with Gasteiger partial charge in [0, 0.05) is 23.7 Å². The molecule has 24 heavy (non-hydrogen) atoms. The number of aromatic nitrogens is 1. The van der Waals surface area contributed by atoms with Crippen molar-refractivity contribution in [2.75, 3.05) is 12.4 Å². The summed E-state index contributed by atoms with van der Waals surface area (Å²) in [6, 6.07) is 9.12. The van der Waals surface area contributed by atoms with Gasteiger partial charge in [-0.2, -0.15) is 0 Å². The summed E-state index contributed by atoms with van der Waals surface area (Å²) >= 11 is 3.02. The van der Waals surface area contributed by atoms with Gasteiger partial charge in [0.25, 0.3) is 11.8 Å². The average Bonchev–Trinajstić information content (AvgIpc) is 3.27. The molecule has 0 bridgehead atoms. The molecule has 0 saturated heterocycles. The monoisotopic (exact) mass is 357 g/mol. The van der Waals surface area contributed by atoms with Crippen molar-refractivity contribution >= 4 is 40.2 Å². The van der Waals surface area contributed by atoms with Crippen LogP contribution in [-0.4, -0.2) is 23.8 Å². The van der Waals surface area contributed by atoms with Crippen LogP contribution in [-0.2, 0) is 0 Å². The largest absolute Gasteiger partial charge is 0.355 e. The number of thiophene rings is 1. The first-order valence-corrected chi connectivity index (χ1v) is 8.98. The third kappa shape index (κ3) is 3.37. The molecule has 3 aromatic rings. The molecular formula is C17H15N3O2S2. The molecule has 3 rings (SSSR count). The van der Waals surface area contributed by atoms with Crippen molar-refractivity contribution in [3.05, 3.63) is 57.9 Å². The van der Waals surface area contributed by atoms with Gasteiger partial charge in [0.1, 0.15) is 10.7 Å². The van der Waals surface area contributed by atoms with Crippen LogP contribution in [0.5, 0.6) is 0 Å². The highest BCUT2D eigenvalue weighted by Gasteiger charge is 2.14. The molecule has 0 aliphatic rings.